The van der Waals surface area contributed by atoms with Gasteiger partial charge in [0.15, 0.2) is 0 Å². The summed E-state index contributed by atoms with van der Waals surface area (Å²) >= 11 is 0. The molecule has 0 aromatic carbocycles. The third-order valence-corrected chi connectivity index (χ3v) is 2.62. The molecule has 0 amide bonds. The van der Waals surface area contributed by atoms with Crippen molar-refractivity contribution in [2.24, 2.45) is 0 Å². The van der Waals surface area contributed by atoms with E-state index in [4.69, 9.17) is 9.47 Å². The summed E-state index contributed by atoms with van der Waals surface area (Å²) in [6.45, 7) is 9.81. The molecule has 0 saturated carbocycles. The van der Waals surface area contributed by atoms with E-state index >= 15 is 0 Å². The average Bonchev–Trinajstić information content (AvgIpc) is 2.15. The van der Waals surface area contributed by atoms with Gasteiger partial charge in [-0.25, -0.2) is 0 Å². The molecular weight excluding hydrogens is 194 g/mol. The van der Waals surface area contributed by atoms with Gasteiger partial charge in [-0.05, 0) is 27.7 Å². The lowest BCUT2D eigenvalue weighted by Gasteiger charge is -2.37. The predicted octanol–water partition coefficient (Wildman–Crippen LogP) is 1.05. The SMILES string of the molecule is CCOC(=O)C(C)N1C[C@@H](C)O[C@@H](C)C1. The highest BCUT2D eigenvalue weighted by atomic mass is 16.5. The Morgan fingerprint density at radius 3 is 2.47 bits per heavy atom. The molecule has 15 heavy (non-hydrogen) atoms. The Bertz CT molecular complexity index is 210. The van der Waals surface area contributed by atoms with Crippen molar-refractivity contribution < 1.29 is 14.3 Å². The molecule has 1 aliphatic heterocycles. The molecule has 4 heteroatoms. The molecule has 0 spiro atoms. The quantitative estimate of drug-likeness (QED) is 0.660. The number of carbonyl (C=O) groups is 1. The van der Waals surface area contributed by atoms with Crippen molar-refractivity contribution in [2.45, 2.75) is 45.9 Å². The number of hydrogen-bond acceptors (Lipinski definition) is 4. The molecule has 0 N–H and O–H groups in total. The zero-order chi connectivity index (χ0) is 11.4. The standard InChI is InChI=1S/C11H21NO3/c1-5-14-11(13)10(4)12-6-8(2)15-9(3)7-12/h8-10H,5-7H2,1-4H3/t8-,9+,10?. The van der Waals surface area contributed by atoms with Crippen molar-refractivity contribution in [3.63, 3.8) is 0 Å². The fourth-order valence-corrected chi connectivity index (χ4v) is 1.95. The molecule has 1 aliphatic rings. The molecule has 0 aromatic heterocycles. The van der Waals surface area contributed by atoms with Crippen molar-refractivity contribution >= 4 is 5.97 Å². The highest BCUT2D eigenvalue weighted by molar-refractivity contribution is 5.75. The molecule has 1 rings (SSSR count). The highest BCUT2D eigenvalue weighted by Gasteiger charge is 2.29. The van der Waals surface area contributed by atoms with Gasteiger partial charge >= 0.3 is 5.97 Å². The number of esters is 1. The first-order valence-corrected chi connectivity index (χ1v) is 5.60. The summed E-state index contributed by atoms with van der Waals surface area (Å²) in [5, 5.41) is 0. The van der Waals surface area contributed by atoms with E-state index in [1.165, 1.54) is 0 Å². The zero-order valence-electron chi connectivity index (χ0n) is 10.0. The van der Waals surface area contributed by atoms with Crippen LogP contribution in [0.5, 0.6) is 0 Å². The topological polar surface area (TPSA) is 38.8 Å². The Balaban J connectivity index is 2.51. The minimum absolute atomic E-state index is 0.140. The lowest BCUT2D eigenvalue weighted by atomic mass is 10.2. The first-order valence-electron chi connectivity index (χ1n) is 5.60. The molecule has 0 aliphatic carbocycles. The molecule has 1 fully saturated rings. The van der Waals surface area contributed by atoms with Gasteiger partial charge in [-0.2, -0.15) is 0 Å². The highest BCUT2D eigenvalue weighted by Crippen LogP contribution is 2.14. The van der Waals surface area contributed by atoms with Gasteiger partial charge in [0.25, 0.3) is 0 Å². The Labute approximate surface area is 91.5 Å². The first kappa shape index (κ1) is 12.5. The number of carbonyl (C=O) groups excluding carboxylic acids is 1. The van der Waals surface area contributed by atoms with Crippen molar-refractivity contribution in [3.8, 4) is 0 Å². The lowest BCUT2D eigenvalue weighted by Crippen LogP contribution is -2.51. The third kappa shape index (κ3) is 3.47. The molecule has 3 atom stereocenters. The first-order chi connectivity index (χ1) is 7.04. The summed E-state index contributed by atoms with van der Waals surface area (Å²) in [5.74, 6) is -0.140. The second-order valence-corrected chi connectivity index (χ2v) is 4.14. The van der Waals surface area contributed by atoms with Crippen LogP contribution in [-0.4, -0.2) is 48.8 Å². The van der Waals surface area contributed by atoms with Crippen LogP contribution < -0.4 is 0 Å². The Morgan fingerprint density at radius 1 is 1.47 bits per heavy atom. The molecule has 88 valence electrons. The van der Waals surface area contributed by atoms with Crippen LogP contribution in [0.1, 0.15) is 27.7 Å². The second kappa shape index (κ2) is 5.47. The summed E-state index contributed by atoms with van der Waals surface area (Å²) in [6.07, 6.45) is 0.372. The van der Waals surface area contributed by atoms with Crippen LogP contribution in [0.2, 0.25) is 0 Å². The number of nitrogens with zero attached hydrogens (tertiary/aromatic N) is 1. The van der Waals surface area contributed by atoms with Crippen molar-refractivity contribution in [2.75, 3.05) is 19.7 Å². The van der Waals surface area contributed by atoms with Crippen LogP contribution >= 0.6 is 0 Å². The largest absolute Gasteiger partial charge is 0.465 e. The van der Waals surface area contributed by atoms with Crippen molar-refractivity contribution in [1.29, 1.82) is 0 Å². The average molecular weight is 215 g/mol. The van der Waals surface area contributed by atoms with E-state index in [0.29, 0.717) is 6.61 Å². The maximum absolute atomic E-state index is 11.6. The van der Waals surface area contributed by atoms with Crippen molar-refractivity contribution in [1.82, 2.24) is 4.90 Å². The maximum Gasteiger partial charge on any atom is 0.323 e. The van der Waals surface area contributed by atoms with Gasteiger partial charge in [-0.1, -0.05) is 0 Å². The van der Waals surface area contributed by atoms with Gasteiger partial charge in [-0.3, -0.25) is 9.69 Å². The summed E-state index contributed by atoms with van der Waals surface area (Å²) < 4.78 is 10.6. The molecule has 4 nitrogen and oxygen atoms in total. The van der Waals surface area contributed by atoms with Crippen LogP contribution in [-0.2, 0) is 14.3 Å². The Kier molecular flexibility index (Phi) is 4.54. The van der Waals surface area contributed by atoms with E-state index < -0.39 is 0 Å². The predicted molar refractivity (Wildman–Crippen MR) is 57.7 cm³/mol. The maximum atomic E-state index is 11.6. The smallest absolute Gasteiger partial charge is 0.323 e. The lowest BCUT2D eigenvalue weighted by molar-refractivity contribution is -0.153. The normalized spacial score (nSPS) is 29.9. The summed E-state index contributed by atoms with van der Waals surface area (Å²) in [6, 6.07) is -0.168. The number of ether oxygens (including phenoxy) is 2. The zero-order valence-corrected chi connectivity index (χ0v) is 10.0. The molecule has 0 aromatic rings. The van der Waals surface area contributed by atoms with Gasteiger partial charge in [0.1, 0.15) is 6.04 Å². The minimum atomic E-state index is -0.168. The molecule has 1 unspecified atom stereocenters. The van der Waals surface area contributed by atoms with Crippen LogP contribution in [0.15, 0.2) is 0 Å². The van der Waals surface area contributed by atoms with Gasteiger partial charge in [0.05, 0.1) is 18.8 Å². The van der Waals surface area contributed by atoms with E-state index in [-0.39, 0.29) is 24.2 Å². The van der Waals surface area contributed by atoms with Crippen molar-refractivity contribution in [3.05, 3.63) is 0 Å². The fraction of sp³-hybridized carbons (Fsp3) is 0.909. The van der Waals surface area contributed by atoms with Gasteiger partial charge in [-0.15, -0.1) is 0 Å². The molecule has 1 saturated heterocycles. The summed E-state index contributed by atoms with van der Waals surface area (Å²) in [5.41, 5.74) is 0. The monoisotopic (exact) mass is 215 g/mol. The molecular formula is C11H21NO3. The summed E-state index contributed by atoms with van der Waals surface area (Å²) in [7, 11) is 0. The van der Waals surface area contributed by atoms with E-state index in [1.807, 2.05) is 27.7 Å². The van der Waals surface area contributed by atoms with E-state index in [2.05, 4.69) is 4.90 Å². The van der Waals surface area contributed by atoms with Crippen LogP contribution in [0.3, 0.4) is 0 Å². The number of rotatable bonds is 3. The van der Waals surface area contributed by atoms with E-state index in [0.717, 1.165) is 13.1 Å². The van der Waals surface area contributed by atoms with E-state index in [9.17, 15) is 4.79 Å². The van der Waals surface area contributed by atoms with Gasteiger partial charge < -0.3 is 9.47 Å². The van der Waals surface area contributed by atoms with Gasteiger partial charge in [0, 0.05) is 13.1 Å². The molecule has 1 heterocycles. The van der Waals surface area contributed by atoms with Gasteiger partial charge in [0.2, 0.25) is 0 Å². The number of hydrogen-bond donors (Lipinski definition) is 0. The Morgan fingerprint density at radius 2 is 2.00 bits per heavy atom. The second-order valence-electron chi connectivity index (χ2n) is 4.14. The van der Waals surface area contributed by atoms with Crippen LogP contribution in [0, 0.1) is 0 Å². The molecule has 0 radical (unpaired) electrons. The molecule has 0 bridgehead atoms. The van der Waals surface area contributed by atoms with E-state index in [1.54, 1.807) is 0 Å². The fourth-order valence-electron chi connectivity index (χ4n) is 1.95. The minimum Gasteiger partial charge on any atom is -0.465 e. The van der Waals surface area contributed by atoms with Crippen LogP contribution in [0.4, 0.5) is 0 Å². The summed E-state index contributed by atoms with van der Waals surface area (Å²) in [4.78, 5) is 13.7. The third-order valence-electron chi connectivity index (χ3n) is 2.62. The van der Waals surface area contributed by atoms with Crippen LogP contribution in [0.25, 0.3) is 0 Å². The Hall–Kier alpha value is -0.610. The number of morpholine rings is 1.